The fourth-order valence-corrected chi connectivity index (χ4v) is 3.94. The van der Waals surface area contributed by atoms with E-state index in [1.165, 1.54) is 24.6 Å². The maximum Gasteiger partial charge on any atom is 0.147 e. The van der Waals surface area contributed by atoms with Crippen molar-refractivity contribution in [1.29, 1.82) is 0 Å². The van der Waals surface area contributed by atoms with Gasteiger partial charge in [0.15, 0.2) is 0 Å². The van der Waals surface area contributed by atoms with Gasteiger partial charge in [-0.1, -0.05) is 23.7 Å². The summed E-state index contributed by atoms with van der Waals surface area (Å²) in [6.07, 6.45) is 6.42. The maximum atomic E-state index is 5.79. The summed E-state index contributed by atoms with van der Waals surface area (Å²) in [7, 11) is 1.74. The average Bonchev–Trinajstić information content (AvgIpc) is 3.18. The molecule has 7 nitrogen and oxygen atoms in total. The topological polar surface area (TPSA) is 83.1 Å². The normalized spacial score (nSPS) is 23.3. The Balaban J connectivity index is 1.44. The lowest BCUT2D eigenvalue weighted by Crippen LogP contribution is -2.36. The van der Waals surface area contributed by atoms with Gasteiger partial charge in [-0.05, 0) is 43.5 Å². The molecule has 2 saturated heterocycles. The van der Waals surface area contributed by atoms with Gasteiger partial charge < -0.3 is 15.4 Å². The highest BCUT2D eigenvalue weighted by Crippen LogP contribution is 2.35. The molecule has 0 saturated carbocycles. The van der Waals surface area contributed by atoms with Crippen LogP contribution in [0.5, 0.6) is 5.75 Å². The number of hydrazine groups is 1. The molecule has 1 aromatic carbocycles. The zero-order chi connectivity index (χ0) is 18.6. The van der Waals surface area contributed by atoms with Crippen LogP contribution < -0.4 is 26.2 Å². The predicted octanol–water partition coefficient (Wildman–Crippen LogP) is 2.58. The van der Waals surface area contributed by atoms with Crippen molar-refractivity contribution in [2.45, 2.75) is 37.4 Å². The third kappa shape index (κ3) is 4.32. The van der Waals surface area contributed by atoms with Gasteiger partial charge in [0.2, 0.25) is 0 Å². The molecule has 0 bridgehead atoms. The molecule has 4 N–H and O–H groups in total. The van der Waals surface area contributed by atoms with Crippen LogP contribution in [0.3, 0.4) is 0 Å². The van der Waals surface area contributed by atoms with Gasteiger partial charge >= 0.3 is 0 Å². The van der Waals surface area contributed by atoms with Gasteiger partial charge in [-0.15, -0.1) is 0 Å². The van der Waals surface area contributed by atoms with Gasteiger partial charge in [-0.3, -0.25) is 0 Å². The van der Waals surface area contributed by atoms with E-state index in [4.69, 9.17) is 16.3 Å². The molecule has 0 aliphatic carbocycles. The zero-order valence-electron chi connectivity index (χ0n) is 15.3. The first kappa shape index (κ1) is 18.4. The number of benzene rings is 1. The van der Waals surface area contributed by atoms with Gasteiger partial charge in [-0.2, -0.15) is 0 Å². The van der Waals surface area contributed by atoms with Gasteiger partial charge in [0.1, 0.15) is 16.7 Å². The molecule has 1 aromatic heterocycles. The van der Waals surface area contributed by atoms with Crippen LogP contribution in [0.15, 0.2) is 30.6 Å². The molecular formula is C19H25ClN6O. The Labute approximate surface area is 164 Å². The first-order valence-electron chi connectivity index (χ1n) is 9.36. The smallest absolute Gasteiger partial charge is 0.147 e. The van der Waals surface area contributed by atoms with E-state index in [2.05, 4.69) is 49.7 Å². The number of piperidine rings is 1. The summed E-state index contributed by atoms with van der Waals surface area (Å²) >= 11 is 5.79. The highest BCUT2D eigenvalue weighted by atomic mass is 35.5. The first-order chi connectivity index (χ1) is 13.2. The number of hydrogen-bond acceptors (Lipinski definition) is 7. The van der Waals surface area contributed by atoms with E-state index >= 15 is 0 Å². The maximum absolute atomic E-state index is 5.79. The highest BCUT2D eigenvalue weighted by molar-refractivity contribution is 6.29. The molecular weight excluding hydrogens is 364 g/mol. The third-order valence-corrected chi connectivity index (χ3v) is 5.48. The third-order valence-electron chi connectivity index (χ3n) is 5.29. The van der Waals surface area contributed by atoms with Crippen molar-refractivity contribution in [3.8, 4) is 5.75 Å². The van der Waals surface area contributed by atoms with Gasteiger partial charge in [0, 0.05) is 12.0 Å². The minimum absolute atomic E-state index is 0.0410. The van der Waals surface area contributed by atoms with Crippen molar-refractivity contribution in [3.63, 3.8) is 0 Å². The van der Waals surface area contributed by atoms with Gasteiger partial charge in [-0.25, -0.2) is 20.8 Å². The summed E-state index contributed by atoms with van der Waals surface area (Å²) in [5.41, 5.74) is 9.15. The lowest BCUT2D eigenvalue weighted by Gasteiger charge is -2.24. The first-order valence-corrected chi connectivity index (χ1v) is 9.74. The highest BCUT2D eigenvalue weighted by Gasteiger charge is 2.28. The van der Waals surface area contributed by atoms with E-state index in [1.807, 2.05) is 0 Å². The Morgan fingerprint density at radius 1 is 1.15 bits per heavy atom. The van der Waals surface area contributed by atoms with Crippen LogP contribution in [0.1, 0.15) is 42.3 Å². The van der Waals surface area contributed by atoms with E-state index < -0.39 is 0 Å². The fraction of sp³-hybridized carbons (Fsp3) is 0.474. The quantitative estimate of drug-likeness (QED) is 0.626. The van der Waals surface area contributed by atoms with Crippen molar-refractivity contribution >= 4 is 17.4 Å². The van der Waals surface area contributed by atoms with Crippen LogP contribution in [0, 0.1) is 0 Å². The SMILES string of the molecule is COc1cc(C2CCNCC2)ccc1C1CC(Nc2cnc(Cl)cn2)NN1. The molecule has 8 heteroatoms. The Kier molecular flexibility index (Phi) is 5.73. The molecule has 2 atom stereocenters. The zero-order valence-corrected chi connectivity index (χ0v) is 16.1. The van der Waals surface area contributed by atoms with Crippen molar-refractivity contribution in [2.75, 3.05) is 25.5 Å². The Morgan fingerprint density at radius 3 is 2.74 bits per heavy atom. The summed E-state index contributed by atoms with van der Waals surface area (Å²) < 4.78 is 5.72. The molecule has 2 aliphatic rings. The van der Waals surface area contributed by atoms with Crippen molar-refractivity contribution in [3.05, 3.63) is 46.9 Å². The average molecular weight is 389 g/mol. The summed E-state index contributed by atoms with van der Waals surface area (Å²) in [6.45, 7) is 2.17. The van der Waals surface area contributed by atoms with Crippen LogP contribution in [0.4, 0.5) is 5.82 Å². The minimum Gasteiger partial charge on any atom is -0.496 e. The Morgan fingerprint density at radius 2 is 2.00 bits per heavy atom. The minimum atomic E-state index is 0.0410. The molecule has 0 amide bonds. The van der Waals surface area contributed by atoms with Crippen molar-refractivity contribution < 1.29 is 4.74 Å². The van der Waals surface area contributed by atoms with Crippen molar-refractivity contribution in [2.24, 2.45) is 0 Å². The number of ether oxygens (including phenoxy) is 1. The van der Waals surface area contributed by atoms with E-state index in [-0.39, 0.29) is 12.2 Å². The molecule has 27 heavy (non-hydrogen) atoms. The molecule has 144 valence electrons. The van der Waals surface area contributed by atoms with Crippen LogP contribution >= 0.6 is 11.6 Å². The number of halogens is 1. The molecule has 4 rings (SSSR count). The molecule has 0 radical (unpaired) electrons. The largest absolute Gasteiger partial charge is 0.496 e. The second-order valence-electron chi connectivity index (χ2n) is 7.02. The second-order valence-corrected chi connectivity index (χ2v) is 7.41. The van der Waals surface area contributed by atoms with E-state index in [1.54, 1.807) is 13.3 Å². The number of hydrogen-bond donors (Lipinski definition) is 4. The lowest BCUT2D eigenvalue weighted by atomic mass is 9.88. The molecule has 2 aromatic rings. The van der Waals surface area contributed by atoms with Crippen LogP contribution in [0.25, 0.3) is 0 Å². The van der Waals surface area contributed by atoms with Crippen LogP contribution in [0.2, 0.25) is 5.15 Å². The molecule has 2 unspecified atom stereocenters. The van der Waals surface area contributed by atoms with Crippen molar-refractivity contribution in [1.82, 2.24) is 26.1 Å². The number of nitrogens with zero attached hydrogens (tertiary/aromatic N) is 2. The summed E-state index contributed by atoms with van der Waals surface area (Å²) in [4.78, 5) is 8.28. The van der Waals surface area contributed by atoms with Crippen LogP contribution in [-0.2, 0) is 0 Å². The number of nitrogens with one attached hydrogen (secondary N) is 4. The predicted molar refractivity (Wildman–Crippen MR) is 106 cm³/mol. The van der Waals surface area contributed by atoms with E-state index in [9.17, 15) is 0 Å². The van der Waals surface area contributed by atoms with E-state index in [0.717, 1.165) is 30.8 Å². The molecule has 0 spiro atoms. The molecule has 2 aliphatic heterocycles. The van der Waals surface area contributed by atoms with Gasteiger partial charge in [0.25, 0.3) is 0 Å². The fourth-order valence-electron chi connectivity index (χ4n) is 3.84. The van der Waals surface area contributed by atoms with Gasteiger partial charge in [0.05, 0.1) is 31.7 Å². The van der Waals surface area contributed by atoms with Crippen LogP contribution in [-0.4, -0.2) is 36.3 Å². The monoisotopic (exact) mass is 388 g/mol. The summed E-state index contributed by atoms with van der Waals surface area (Å²) in [5, 5.41) is 7.12. The van der Waals surface area contributed by atoms with E-state index in [0.29, 0.717) is 16.9 Å². The number of anilines is 1. The summed E-state index contributed by atoms with van der Waals surface area (Å²) in [5.74, 6) is 2.24. The Bertz CT molecular complexity index is 765. The standard InChI is InChI=1S/C19H25ClN6O/c1-27-16-8-13(12-4-6-21-7-5-12)2-3-14(16)15-9-18(26-25-15)24-19-11-22-17(20)10-23-19/h2-3,8,10-12,15,18,21,25-26H,4-7,9H2,1H3,(H,23,24). The lowest BCUT2D eigenvalue weighted by molar-refractivity contribution is 0.399. The number of methoxy groups -OCH3 is 1. The number of rotatable bonds is 5. The number of aromatic nitrogens is 2. The molecule has 2 fully saturated rings. The summed E-state index contributed by atoms with van der Waals surface area (Å²) in [6, 6.07) is 6.80. The Hall–Kier alpha value is -1.93. The second kappa shape index (κ2) is 8.39. The molecule has 3 heterocycles.